The minimum absolute atomic E-state index is 0.335. The lowest BCUT2D eigenvalue weighted by Gasteiger charge is -2.45. The number of rotatable bonds is 2. The molecule has 0 saturated carbocycles. The van der Waals surface area contributed by atoms with Gasteiger partial charge < -0.3 is 5.32 Å². The zero-order chi connectivity index (χ0) is 9.90. The Morgan fingerprint density at radius 1 is 1.38 bits per heavy atom. The Kier molecular flexibility index (Phi) is 3.74. The van der Waals surface area contributed by atoms with Crippen molar-refractivity contribution >= 4 is 0 Å². The van der Waals surface area contributed by atoms with Crippen molar-refractivity contribution in [1.29, 1.82) is 0 Å². The van der Waals surface area contributed by atoms with Gasteiger partial charge in [0.25, 0.3) is 0 Å². The molecule has 0 amide bonds. The van der Waals surface area contributed by atoms with E-state index in [2.05, 4.69) is 37.9 Å². The summed E-state index contributed by atoms with van der Waals surface area (Å²) >= 11 is 0. The fraction of sp³-hybridized carbons (Fsp3) is 1.00. The summed E-state index contributed by atoms with van der Waals surface area (Å²) < 4.78 is 0. The average Bonchev–Trinajstić information content (AvgIpc) is 2.04. The maximum Gasteiger partial charge on any atom is 0.0226 e. The molecule has 2 nitrogen and oxygen atoms in total. The normalized spacial score (nSPS) is 26.3. The summed E-state index contributed by atoms with van der Waals surface area (Å²) in [7, 11) is 0. The lowest BCUT2D eigenvalue weighted by Crippen LogP contribution is -2.58. The van der Waals surface area contributed by atoms with E-state index in [1.165, 1.54) is 25.9 Å². The van der Waals surface area contributed by atoms with Crippen LogP contribution in [0.1, 0.15) is 40.5 Å². The number of nitrogens with zero attached hydrogens (tertiary/aromatic N) is 1. The quantitative estimate of drug-likeness (QED) is 0.704. The molecule has 13 heavy (non-hydrogen) atoms. The van der Waals surface area contributed by atoms with Crippen molar-refractivity contribution in [2.24, 2.45) is 0 Å². The Balaban J connectivity index is 2.56. The molecule has 0 aromatic carbocycles. The molecule has 0 aliphatic carbocycles. The molecule has 1 rings (SSSR count). The van der Waals surface area contributed by atoms with Gasteiger partial charge in [-0.25, -0.2) is 0 Å². The lowest BCUT2D eigenvalue weighted by molar-refractivity contribution is 0.0564. The van der Waals surface area contributed by atoms with Crippen LogP contribution in [0.2, 0.25) is 0 Å². The van der Waals surface area contributed by atoms with Crippen molar-refractivity contribution in [2.75, 3.05) is 19.6 Å². The molecular formula is C11H24N2. The molecule has 0 aromatic heterocycles. The topological polar surface area (TPSA) is 15.3 Å². The van der Waals surface area contributed by atoms with Crippen molar-refractivity contribution in [3.05, 3.63) is 0 Å². The second-order valence-electron chi connectivity index (χ2n) is 5.01. The first-order valence-electron chi connectivity index (χ1n) is 5.53. The Bertz CT molecular complexity index is 147. The number of hydrogen-bond donors (Lipinski definition) is 1. The third-order valence-electron chi connectivity index (χ3n) is 2.83. The maximum absolute atomic E-state index is 3.48. The van der Waals surface area contributed by atoms with Gasteiger partial charge in [-0.3, -0.25) is 4.90 Å². The van der Waals surface area contributed by atoms with E-state index in [4.69, 9.17) is 0 Å². The van der Waals surface area contributed by atoms with Gasteiger partial charge in [0.2, 0.25) is 0 Å². The minimum atomic E-state index is 0.335. The van der Waals surface area contributed by atoms with Crippen LogP contribution >= 0.6 is 0 Å². The van der Waals surface area contributed by atoms with Crippen LogP contribution < -0.4 is 5.32 Å². The average molecular weight is 184 g/mol. The molecule has 1 aliphatic rings. The Labute approximate surface area is 82.7 Å². The van der Waals surface area contributed by atoms with Gasteiger partial charge >= 0.3 is 0 Å². The highest BCUT2D eigenvalue weighted by Gasteiger charge is 2.29. The summed E-state index contributed by atoms with van der Waals surface area (Å²) in [5.41, 5.74) is 0.335. The fourth-order valence-corrected chi connectivity index (χ4v) is 2.24. The predicted molar refractivity (Wildman–Crippen MR) is 58.0 cm³/mol. The van der Waals surface area contributed by atoms with E-state index < -0.39 is 0 Å². The summed E-state index contributed by atoms with van der Waals surface area (Å²) in [5.74, 6) is 0. The van der Waals surface area contributed by atoms with Crippen LogP contribution in [0.5, 0.6) is 0 Å². The smallest absolute Gasteiger partial charge is 0.0226 e. The third kappa shape index (κ3) is 2.96. The first-order valence-corrected chi connectivity index (χ1v) is 5.53. The maximum atomic E-state index is 3.48. The summed E-state index contributed by atoms with van der Waals surface area (Å²) in [6, 6.07) is 0.749. The van der Waals surface area contributed by atoms with E-state index in [1.54, 1.807) is 0 Å². The summed E-state index contributed by atoms with van der Waals surface area (Å²) in [6.07, 6.45) is 2.61. The molecule has 1 heterocycles. The van der Waals surface area contributed by atoms with Crippen LogP contribution in [0.25, 0.3) is 0 Å². The van der Waals surface area contributed by atoms with Gasteiger partial charge in [-0.15, -0.1) is 0 Å². The van der Waals surface area contributed by atoms with Crippen LogP contribution in [0.4, 0.5) is 0 Å². The molecular weight excluding hydrogens is 160 g/mol. The molecule has 1 fully saturated rings. The van der Waals surface area contributed by atoms with E-state index in [0.29, 0.717) is 5.54 Å². The van der Waals surface area contributed by atoms with Gasteiger partial charge in [-0.05, 0) is 27.2 Å². The van der Waals surface area contributed by atoms with Crippen molar-refractivity contribution in [3.63, 3.8) is 0 Å². The third-order valence-corrected chi connectivity index (χ3v) is 2.83. The number of nitrogens with one attached hydrogen (secondary N) is 1. The Hall–Kier alpha value is -0.0800. The molecule has 1 saturated heterocycles. The van der Waals surface area contributed by atoms with Gasteiger partial charge in [0, 0.05) is 31.2 Å². The zero-order valence-corrected chi connectivity index (χ0v) is 9.56. The van der Waals surface area contributed by atoms with E-state index >= 15 is 0 Å². The van der Waals surface area contributed by atoms with E-state index in [0.717, 1.165) is 12.6 Å². The Morgan fingerprint density at radius 2 is 2.08 bits per heavy atom. The van der Waals surface area contributed by atoms with E-state index in [9.17, 15) is 0 Å². The zero-order valence-electron chi connectivity index (χ0n) is 9.56. The molecule has 1 unspecified atom stereocenters. The summed E-state index contributed by atoms with van der Waals surface area (Å²) in [4.78, 5) is 2.65. The first-order chi connectivity index (χ1) is 6.05. The van der Waals surface area contributed by atoms with E-state index in [-0.39, 0.29) is 0 Å². The highest BCUT2D eigenvalue weighted by atomic mass is 15.3. The monoisotopic (exact) mass is 184 g/mol. The SMILES string of the molecule is CCCC1CNCCN1C(C)(C)C. The van der Waals surface area contributed by atoms with Gasteiger partial charge in [0.15, 0.2) is 0 Å². The number of hydrogen-bond acceptors (Lipinski definition) is 2. The van der Waals surface area contributed by atoms with Crippen LogP contribution in [0, 0.1) is 0 Å². The standard InChI is InChI=1S/C11H24N2/c1-5-6-10-9-12-7-8-13(10)11(2,3)4/h10,12H,5-9H2,1-4H3. The van der Waals surface area contributed by atoms with Gasteiger partial charge in [-0.2, -0.15) is 0 Å². The lowest BCUT2D eigenvalue weighted by atomic mass is 9.98. The van der Waals surface area contributed by atoms with Crippen LogP contribution in [0.3, 0.4) is 0 Å². The van der Waals surface area contributed by atoms with E-state index in [1.807, 2.05) is 0 Å². The first kappa shape index (κ1) is 11.0. The molecule has 1 atom stereocenters. The van der Waals surface area contributed by atoms with Gasteiger partial charge in [-0.1, -0.05) is 13.3 Å². The minimum Gasteiger partial charge on any atom is -0.314 e. The van der Waals surface area contributed by atoms with Crippen molar-refractivity contribution in [2.45, 2.75) is 52.1 Å². The van der Waals surface area contributed by atoms with Crippen molar-refractivity contribution < 1.29 is 0 Å². The highest BCUT2D eigenvalue weighted by Crippen LogP contribution is 2.20. The molecule has 0 bridgehead atoms. The highest BCUT2D eigenvalue weighted by molar-refractivity contribution is 4.87. The fourth-order valence-electron chi connectivity index (χ4n) is 2.24. The largest absolute Gasteiger partial charge is 0.314 e. The molecule has 0 radical (unpaired) electrons. The van der Waals surface area contributed by atoms with Gasteiger partial charge in [0.1, 0.15) is 0 Å². The second kappa shape index (κ2) is 4.43. The van der Waals surface area contributed by atoms with Crippen LogP contribution in [-0.4, -0.2) is 36.1 Å². The van der Waals surface area contributed by atoms with Crippen molar-refractivity contribution in [3.8, 4) is 0 Å². The molecule has 0 spiro atoms. The van der Waals surface area contributed by atoms with Crippen LogP contribution in [0.15, 0.2) is 0 Å². The predicted octanol–water partition coefficient (Wildman–Crippen LogP) is 1.86. The summed E-state index contributed by atoms with van der Waals surface area (Å²) in [6.45, 7) is 12.8. The summed E-state index contributed by atoms with van der Waals surface area (Å²) in [5, 5.41) is 3.48. The molecule has 78 valence electrons. The van der Waals surface area contributed by atoms with Crippen LogP contribution in [-0.2, 0) is 0 Å². The molecule has 0 aromatic rings. The van der Waals surface area contributed by atoms with Crippen molar-refractivity contribution in [1.82, 2.24) is 10.2 Å². The Morgan fingerprint density at radius 3 is 2.62 bits per heavy atom. The molecule has 1 N–H and O–H groups in total. The molecule has 1 aliphatic heterocycles. The van der Waals surface area contributed by atoms with Gasteiger partial charge in [0.05, 0.1) is 0 Å². The molecule has 2 heteroatoms. The second-order valence-corrected chi connectivity index (χ2v) is 5.01. The number of piperazine rings is 1.